The van der Waals surface area contributed by atoms with E-state index < -0.39 is 0 Å². The van der Waals surface area contributed by atoms with Gasteiger partial charge < -0.3 is 15.8 Å². The van der Waals surface area contributed by atoms with Gasteiger partial charge in [-0.1, -0.05) is 19.3 Å². The third kappa shape index (κ3) is 6.68. The number of nitrogens with one attached hydrogen (secondary N) is 1. The molecule has 0 aromatic heterocycles. The Kier molecular flexibility index (Phi) is 10.1. The standard InChI is InChI=1S/C17H33N3O2.2ClH/c1-14(18)11-15(21)19-12-17(7-5-4-6-8-17)20-9-10-22-16(2,3)13-20;;/h14H,4-13,18H2,1-3H3,(H,19,21);2*1H. The summed E-state index contributed by atoms with van der Waals surface area (Å²) in [6.07, 6.45) is 6.55. The minimum absolute atomic E-state index is 0. The van der Waals surface area contributed by atoms with Crippen LogP contribution in [0.15, 0.2) is 0 Å². The van der Waals surface area contributed by atoms with Crippen molar-refractivity contribution in [1.82, 2.24) is 10.2 Å². The number of rotatable bonds is 5. The molecule has 5 nitrogen and oxygen atoms in total. The fraction of sp³-hybridized carbons (Fsp3) is 0.941. The number of carbonyl (C=O) groups excluding carboxylic acids is 1. The van der Waals surface area contributed by atoms with Gasteiger partial charge in [-0.2, -0.15) is 0 Å². The van der Waals surface area contributed by atoms with Gasteiger partial charge in [0, 0.05) is 37.6 Å². The second-order valence-corrected chi connectivity index (χ2v) is 7.77. The zero-order valence-corrected chi connectivity index (χ0v) is 16.9. The lowest BCUT2D eigenvalue weighted by molar-refractivity contribution is -0.129. The van der Waals surface area contributed by atoms with Gasteiger partial charge in [0.05, 0.1) is 12.2 Å². The highest BCUT2D eigenvalue weighted by molar-refractivity contribution is 5.85. The van der Waals surface area contributed by atoms with Gasteiger partial charge in [-0.15, -0.1) is 24.8 Å². The summed E-state index contributed by atoms with van der Waals surface area (Å²) in [5, 5.41) is 3.15. The Hall–Kier alpha value is -0.0700. The largest absolute Gasteiger partial charge is 0.373 e. The highest BCUT2D eigenvalue weighted by Gasteiger charge is 2.42. The van der Waals surface area contributed by atoms with Crippen molar-refractivity contribution in [3.63, 3.8) is 0 Å². The zero-order chi connectivity index (χ0) is 16.2. The van der Waals surface area contributed by atoms with Crippen LogP contribution in [0.4, 0.5) is 0 Å². The second-order valence-electron chi connectivity index (χ2n) is 7.77. The predicted octanol–water partition coefficient (Wildman–Crippen LogP) is 2.50. The van der Waals surface area contributed by atoms with Gasteiger partial charge in [0.2, 0.25) is 5.91 Å². The van der Waals surface area contributed by atoms with E-state index in [9.17, 15) is 4.79 Å². The zero-order valence-electron chi connectivity index (χ0n) is 15.3. The smallest absolute Gasteiger partial charge is 0.221 e. The van der Waals surface area contributed by atoms with Crippen LogP contribution in [0, 0.1) is 0 Å². The maximum Gasteiger partial charge on any atom is 0.221 e. The number of hydrogen-bond acceptors (Lipinski definition) is 4. The maximum absolute atomic E-state index is 12.0. The third-order valence-electron chi connectivity index (χ3n) is 5.00. The first-order valence-corrected chi connectivity index (χ1v) is 8.74. The Bertz CT molecular complexity index is 386. The van der Waals surface area contributed by atoms with Crippen molar-refractivity contribution in [2.75, 3.05) is 26.2 Å². The molecule has 1 unspecified atom stereocenters. The minimum atomic E-state index is -0.0987. The lowest BCUT2D eigenvalue weighted by Gasteiger charge is -2.51. The quantitative estimate of drug-likeness (QED) is 0.764. The van der Waals surface area contributed by atoms with Crippen molar-refractivity contribution in [2.24, 2.45) is 5.73 Å². The maximum atomic E-state index is 12.0. The van der Waals surface area contributed by atoms with E-state index in [0.29, 0.717) is 6.42 Å². The average Bonchev–Trinajstić information content (AvgIpc) is 2.44. The van der Waals surface area contributed by atoms with Crippen molar-refractivity contribution in [3.8, 4) is 0 Å². The van der Waals surface area contributed by atoms with Gasteiger partial charge in [-0.05, 0) is 33.6 Å². The molecule has 0 aromatic rings. The van der Waals surface area contributed by atoms with E-state index >= 15 is 0 Å². The summed E-state index contributed by atoms with van der Waals surface area (Å²) >= 11 is 0. The summed E-state index contributed by atoms with van der Waals surface area (Å²) in [4.78, 5) is 14.6. The van der Waals surface area contributed by atoms with Crippen molar-refractivity contribution in [1.29, 1.82) is 0 Å². The Balaban J connectivity index is 0.00000264. The molecule has 1 heterocycles. The molecular weight excluding hydrogens is 349 g/mol. The lowest BCUT2D eigenvalue weighted by Crippen LogP contribution is -2.63. The molecule has 24 heavy (non-hydrogen) atoms. The molecule has 1 saturated carbocycles. The van der Waals surface area contributed by atoms with Crippen LogP contribution in [0.1, 0.15) is 59.3 Å². The molecule has 0 aromatic carbocycles. The Morgan fingerprint density at radius 1 is 1.25 bits per heavy atom. The Morgan fingerprint density at radius 2 is 1.88 bits per heavy atom. The third-order valence-corrected chi connectivity index (χ3v) is 5.00. The molecule has 7 heteroatoms. The summed E-state index contributed by atoms with van der Waals surface area (Å²) in [7, 11) is 0. The van der Waals surface area contributed by atoms with Crippen LogP contribution in [0.2, 0.25) is 0 Å². The molecule has 144 valence electrons. The molecule has 0 bridgehead atoms. The number of carbonyl (C=O) groups is 1. The minimum Gasteiger partial charge on any atom is -0.373 e. The number of nitrogens with zero attached hydrogens (tertiary/aromatic N) is 1. The summed E-state index contributed by atoms with van der Waals surface area (Å²) in [6, 6.07) is -0.0791. The molecular formula is C17H35Cl2N3O2. The fourth-order valence-electron chi connectivity index (χ4n) is 3.86. The van der Waals surface area contributed by atoms with Gasteiger partial charge in [-0.25, -0.2) is 0 Å². The summed E-state index contributed by atoms with van der Waals surface area (Å²) < 4.78 is 5.86. The number of morpholine rings is 1. The summed E-state index contributed by atoms with van der Waals surface area (Å²) in [5.74, 6) is 0.0764. The number of nitrogens with two attached hydrogens (primary N) is 1. The molecule has 1 saturated heterocycles. The van der Waals surface area contributed by atoms with Gasteiger partial charge in [0.15, 0.2) is 0 Å². The van der Waals surface area contributed by atoms with Crippen LogP contribution >= 0.6 is 24.8 Å². The van der Waals surface area contributed by atoms with Crippen LogP contribution < -0.4 is 11.1 Å². The van der Waals surface area contributed by atoms with Crippen LogP contribution in [-0.2, 0) is 9.53 Å². The van der Waals surface area contributed by atoms with Crippen LogP contribution in [0.3, 0.4) is 0 Å². The van der Waals surface area contributed by atoms with Crippen LogP contribution in [0.5, 0.6) is 0 Å². The lowest BCUT2D eigenvalue weighted by atomic mass is 9.79. The molecule has 1 aliphatic heterocycles. The highest BCUT2D eigenvalue weighted by Crippen LogP contribution is 2.36. The molecule has 2 fully saturated rings. The highest BCUT2D eigenvalue weighted by atomic mass is 35.5. The van der Waals surface area contributed by atoms with Crippen LogP contribution in [-0.4, -0.2) is 54.2 Å². The molecule has 1 atom stereocenters. The number of amides is 1. The van der Waals surface area contributed by atoms with Crippen molar-refractivity contribution in [3.05, 3.63) is 0 Å². The number of ether oxygens (including phenoxy) is 1. The molecule has 0 radical (unpaired) electrons. The van der Waals surface area contributed by atoms with Crippen molar-refractivity contribution < 1.29 is 9.53 Å². The van der Waals surface area contributed by atoms with Crippen LogP contribution in [0.25, 0.3) is 0 Å². The Labute approximate surface area is 159 Å². The molecule has 3 N–H and O–H groups in total. The summed E-state index contributed by atoms with van der Waals surface area (Å²) in [6.45, 7) is 9.62. The summed E-state index contributed by atoms with van der Waals surface area (Å²) in [5.41, 5.74) is 5.73. The van der Waals surface area contributed by atoms with E-state index in [0.717, 1.165) is 26.2 Å². The molecule has 0 spiro atoms. The van der Waals surface area contributed by atoms with E-state index in [4.69, 9.17) is 10.5 Å². The van der Waals surface area contributed by atoms with Gasteiger partial charge >= 0.3 is 0 Å². The number of halogens is 2. The van der Waals surface area contributed by atoms with E-state index in [1.165, 1.54) is 32.1 Å². The van der Waals surface area contributed by atoms with E-state index in [2.05, 4.69) is 24.1 Å². The van der Waals surface area contributed by atoms with Gasteiger partial charge in [-0.3, -0.25) is 9.69 Å². The molecule has 2 aliphatic rings. The fourth-order valence-corrected chi connectivity index (χ4v) is 3.86. The molecule has 1 aliphatic carbocycles. The number of hydrogen-bond donors (Lipinski definition) is 2. The van der Waals surface area contributed by atoms with E-state index in [1.54, 1.807) is 0 Å². The Morgan fingerprint density at radius 3 is 2.42 bits per heavy atom. The average molecular weight is 384 g/mol. The van der Waals surface area contributed by atoms with Crippen molar-refractivity contribution in [2.45, 2.75) is 76.5 Å². The molecule has 2 rings (SSSR count). The first-order chi connectivity index (χ1) is 10.3. The predicted molar refractivity (Wildman–Crippen MR) is 103 cm³/mol. The molecule has 1 amide bonds. The topological polar surface area (TPSA) is 67.6 Å². The first kappa shape index (κ1) is 23.9. The van der Waals surface area contributed by atoms with Gasteiger partial charge in [0.25, 0.3) is 0 Å². The SMILES string of the molecule is CC(N)CC(=O)NCC1(N2CCOC(C)(C)C2)CCCCC1.Cl.Cl. The first-order valence-electron chi connectivity index (χ1n) is 8.74. The second kappa shape index (κ2) is 10.2. The van der Waals surface area contributed by atoms with Gasteiger partial charge in [0.1, 0.15) is 0 Å². The van der Waals surface area contributed by atoms with Crippen molar-refractivity contribution >= 4 is 30.7 Å². The van der Waals surface area contributed by atoms with E-state index in [-0.39, 0.29) is 47.9 Å². The normalized spacial score (nSPS) is 24.2. The van der Waals surface area contributed by atoms with E-state index in [1.807, 2.05) is 6.92 Å². The monoisotopic (exact) mass is 383 g/mol.